The van der Waals surface area contributed by atoms with Crippen molar-refractivity contribution in [3.63, 3.8) is 0 Å². The molecular formula is C18H16N2O6. The molecule has 0 unspecified atom stereocenters. The maximum absolute atomic E-state index is 12.7. The molecule has 3 aromatic rings. The predicted octanol–water partition coefficient (Wildman–Crippen LogP) is 3.15. The SMILES string of the molecule is COC(=O)c1ccoc1COC(=O)c1cc(C2CC2)nc2onc(C)c12. The number of rotatable bonds is 5. The van der Waals surface area contributed by atoms with Gasteiger partial charge in [0.05, 0.1) is 30.0 Å². The minimum absolute atomic E-state index is 0.191. The maximum Gasteiger partial charge on any atom is 0.341 e. The largest absolute Gasteiger partial charge is 0.465 e. The summed E-state index contributed by atoms with van der Waals surface area (Å²) in [6.07, 6.45) is 3.42. The van der Waals surface area contributed by atoms with Crippen LogP contribution in [0.15, 0.2) is 27.3 Å². The Morgan fingerprint density at radius 3 is 2.81 bits per heavy atom. The predicted molar refractivity (Wildman–Crippen MR) is 87.7 cm³/mol. The monoisotopic (exact) mass is 356 g/mol. The van der Waals surface area contributed by atoms with Crippen LogP contribution in [0.3, 0.4) is 0 Å². The summed E-state index contributed by atoms with van der Waals surface area (Å²) in [4.78, 5) is 28.8. The highest BCUT2D eigenvalue weighted by atomic mass is 16.5. The summed E-state index contributed by atoms with van der Waals surface area (Å²) in [6, 6.07) is 3.20. The van der Waals surface area contributed by atoms with Gasteiger partial charge >= 0.3 is 11.9 Å². The van der Waals surface area contributed by atoms with E-state index in [1.54, 1.807) is 13.0 Å². The first kappa shape index (κ1) is 16.3. The van der Waals surface area contributed by atoms with Crippen molar-refractivity contribution in [2.24, 2.45) is 0 Å². The molecule has 26 heavy (non-hydrogen) atoms. The Labute approximate surface area is 148 Å². The van der Waals surface area contributed by atoms with E-state index in [-0.39, 0.29) is 17.9 Å². The molecule has 0 spiro atoms. The van der Waals surface area contributed by atoms with Crippen molar-refractivity contribution in [2.75, 3.05) is 7.11 Å². The van der Waals surface area contributed by atoms with Gasteiger partial charge in [0.15, 0.2) is 12.4 Å². The molecule has 1 aliphatic carbocycles. The maximum atomic E-state index is 12.7. The van der Waals surface area contributed by atoms with E-state index in [2.05, 4.69) is 14.9 Å². The van der Waals surface area contributed by atoms with Crippen LogP contribution in [0.2, 0.25) is 0 Å². The molecule has 8 nitrogen and oxygen atoms in total. The lowest BCUT2D eigenvalue weighted by Crippen LogP contribution is -2.10. The minimum Gasteiger partial charge on any atom is -0.465 e. The molecule has 0 bridgehead atoms. The van der Waals surface area contributed by atoms with E-state index in [4.69, 9.17) is 13.7 Å². The van der Waals surface area contributed by atoms with Crippen molar-refractivity contribution in [3.05, 3.63) is 46.7 Å². The summed E-state index contributed by atoms with van der Waals surface area (Å²) in [5.74, 6) is -0.549. The molecule has 0 radical (unpaired) electrons. The number of carbonyl (C=O) groups is 2. The van der Waals surface area contributed by atoms with Gasteiger partial charge in [0.1, 0.15) is 5.56 Å². The second kappa shape index (κ2) is 6.29. The molecule has 8 heteroatoms. The lowest BCUT2D eigenvalue weighted by molar-refractivity contribution is 0.0434. The number of methoxy groups -OCH3 is 1. The average Bonchev–Trinajstić information content (AvgIpc) is 3.29. The van der Waals surface area contributed by atoms with Crippen LogP contribution in [-0.4, -0.2) is 29.2 Å². The fraction of sp³-hybridized carbons (Fsp3) is 0.333. The Kier molecular flexibility index (Phi) is 3.95. The molecule has 0 N–H and O–H groups in total. The van der Waals surface area contributed by atoms with Gasteiger partial charge in [-0.15, -0.1) is 0 Å². The fourth-order valence-corrected chi connectivity index (χ4v) is 2.82. The third kappa shape index (κ3) is 2.83. The summed E-state index contributed by atoms with van der Waals surface area (Å²) in [7, 11) is 1.27. The Balaban J connectivity index is 1.61. The Bertz CT molecular complexity index is 998. The van der Waals surface area contributed by atoms with E-state index in [0.29, 0.717) is 28.3 Å². The zero-order valence-corrected chi connectivity index (χ0v) is 14.3. The summed E-state index contributed by atoms with van der Waals surface area (Å²) >= 11 is 0. The number of hydrogen-bond donors (Lipinski definition) is 0. The zero-order valence-electron chi connectivity index (χ0n) is 14.3. The lowest BCUT2D eigenvalue weighted by Gasteiger charge is -2.07. The van der Waals surface area contributed by atoms with Gasteiger partial charge in [0.2, 0.25) is 0 Å². The first-order chi connectivity index (χ1) is 12.6. The molecule has 0 amide bonds. The first-order valence-electron chi connectivity index (χ1n) is 8.17. The van der Waals surface area contributed by atoms with Gasteiger partial charge in [-0.3, -0.25) is 0 Å². The van der Waals surface area contributed by atoms with E-state index in [1.807, 2.05) is 0 Å². The topological polar surface area (TPSA) is 105 Å². The van der Waals surface area contributed by atoms with Crippen molar-refractivity contribution in [1.82, 2.24) is 10.1 Å². The van der Waals surface area contributed by atoms with Crippen LogP contribution < -0.4 is 0 Å². The Hall–Kier alpha value is -3.16. The van der Waals surface area contributed by atoms with Crippen LogP contribution >= 0.6 is 0 Å². The van der Waals surface area contributed by atoms with Crippen LogP contribution in [0.4, 0.5) is 0 Å². The highest BCUT2D eigenvalue weighted by molar-refractivity contribution is 6.03. The van der Waals surface area contributed by atoms with E-state index in [0.717, 1.165) is 18.5 Å². The summed E-state index contributed by atoms with van der Waals surface area (Å²) < 4.78 is 20.5. The van der Waals surface area contributed by atoms with E-state index in [1.165, 1.54) is 19.4 Å². The number of nitrogens with zero attached hydrogens (tertiary/aromatic N) is 2. The molecule has 0 saturated heterocycles. The van der Waals surface area contributed by atoms with Crippen molar-refractivity contribution in [1.29, 1.82) is 0 Å². The van der Waals surface area contributed by atoms with Crippen molar-refractivity contribution in [3.8, 4) is 0 Å². The number of esters is 2. The highest BCUT2D eigenvalue weighted by Crippen LogP contribution is 2.40. The smallest absolute Gasteiger partial charge is 0.341 e. The van der Waals surface area contributed by atoms with Crippen LogP contribution in [0.25, 0.3) is 11.1 Å². The number of hydrogen-bond acceptors (Lipinski definition) is 8. The number of aryl methyl sites for hydroxylation is 1. The van der Waals surface area contributed by atoms with Crippen LogP contribution in [0.1, 0.15) is 56.6 Å². The normalized spacial score (nSPS) is 13.8. The third-order valence-electron chi connectivity index (χ3n) is 4.34. The van der Waals surface area contributed by atoms with Crippen LogP contribution in [0.5, 0.6) is 0 Å². The molecule has 3 aromatic heterocycles. The molecule has 1 aliphatic rings. The van der Waals surface area contributed by atoms with Crippen molar-refractivity contribution in [2.45, 2.75) is 32.3 Å². The second-order valence-corrected chi connectivity index (χ2v) is 6.14. The Morgan fingerprint density at radius 2 is 2.08 bits per heavy atom. The zero-order chi connectivity index (χ0) is 18.3. The first-order valence-corrected chi connectivity index (χ1v) is 8.17. The van der Waals surface area contributed by atoms with Gasteiger partial charge in [0.25, 0.3) is 5.71 Å². The molecular weight excluding hydrogens is 340 g/mol. The number of furan rings is 1. The van der Waals surface area contributed by atoms with Crippen molar-refractivity contribution >= 4 is 23.0 Å². The lowest BCUT2D eigenvalue weighted by atomic mass is 10.1. The van der Waals surface area contributed by atoms with E-state index >= 15 is 0 Å². The van der Waals surface area contributed by atoms with Gasteiger partial charge in [-0.25, -0.2) is 14.6 Å². The van der Waals surface area contributed by atoms with Crippen LogP contribution in [-0.2, 0) is 16.1 Å². The average molecular weight is 356 g/mol. The molecule has 134 valence electrons. The number of ether oxygens (including phenoxy) is 2. The summed E-state index contributed by atoms with van der Waals surface area (Å²) in [5.41, 5.74) is 2.26. The van der Waals surface area contributed by atoms with Gasteiger partial charge in [-0.2, -0.15) is 0 Å². The van der Waals surface area contributed by atoms with Crippen LogP contribution in [0, 0.1) is 6.92 Å². The van der Waals surface area contributed by atoms with E-state index < -0.39 is 11.9 Å². The molecule has 1 saturated carbocycles. The molecule has 1 fully saturated rings. The van der Waals surface area contributed by atoms with Gasteiger partial charge < -0.3 is 18.4 Å². The Morgan fingerprint density at radius 1 is 1.27 bits per heavy atom. The van der Waals surface area contributed by atoms with Gasteiger partial charge in [-0.1, -0.05) is 5.16 Å². The quantitative estimate of drug-likeness (QED) is 0.642. The highest BCUT2D eigenvalue weighted by Gasteiger charge is 2.29. The molecule has 0 aromatic carbocycles. The molecule has 3 heterocycles. The summed E-state index contributed by atoms with van der Waals surface area (Å²) in [5, 5.41) is 4.43. The van der Waals surface area contributed by atoms with E-state index in [9.17, 15) is 9.59 Å². The summed E-state index contributed by atoms with van der Waals surface area (Å²) in [6.45, 7) is 1.55. The molecule has 4 rings (SSSR count). The molecule has 0 aliphatic heterocycles. The number of pyridine rings is 1. The number of aromatic nitrogens is 2. The van der Waals surface area contributed by atoms with Gasteiger partial charge in [-0.05, 0) is 31.9 Å². The molecule has 0 atom stereocenters. The van der Waals surface area contributed by atoms with Crippen molar-refractivity contribution < 1.29 is 28.0 Å². The third-order valence-corrected chi connectivity index (χ3v) is 4.34. The minimum atomic E-state index is -0.558. The number of fused-ring (bicyclic) bond motifs is 1. The van der Waals surface area contributed by atoms with Gasteiger partial charge in [0, 0.05) is 11.6 Å². The number of carbonyl (C=O) groups excluding carboxylic acids is 2. The fourth-order valence-electron chi connectivity index (χ4n) is 2.82. The second-order valence-electron chi connectivity index (χ2n) is 6.14. The standard InChI is InChI=1S/C18H16N2O6/c1-9-15-12(7-13(10-3-4-10)19-16(15)26-20-9)18(22)25-8-14-11(5-6-24-14)17(21)23-2/h5-7,10H,3-4,8H2,1-2H3.